The Hall–Kier alpha value is -1.18. The highest BCUT2D eigenvalue weighted by Gasteiger charge is 2.38. The molecule has 2 rings (SSSR count). The molecule has 3 atom stereocenters. The van der Waals surface area contributed by atoms with E-state index in [1.165, 1.54) is 12.1 Å². The molecule has 1 aliphatic heterocycles. The SMILES string of the molecule is C[C@H](N)c1ccc(OC2CS(=O)(=O)CC2O)c(F)c1. The molecule has 3 N–H and O–H groups in total. The van der Waals surface area contributed by atoms with Gasteiger partial charge in [0.1, 0.15) is 12.2 Å². The Bertz CT molecular complexity index is 573. The molecule has 1 aromatic rings. The maximum absolute atomic E-state index is 13.8. The van der Waals surface area contributed by atoms with Gasteiger partial charge in [0.25, 0.3) is 0 Å². The zero-order valence-electron chi connectivity index (χ0n) is 10.4. The van der Waals surface area contributed by atoms with Gasteiger partial charge in [0, 0.05) is 6.04 Å². The number of hydrogen-bond donors (Lipinski definition) is 2. The number of halogens is 1. The van der Waals surface area contributed by atoms with Crippen LogP contribution in [0.15, 0.2) is 18.2 Å². The molecule has 7 heteroatoms. The molecular formula is C12H16FNO4S. The van der Waals surface area contributed by atoms with Gasteiger partial charge in [-0.25, -0.2) is 12.8 Å². The van der Waals surface area contributed by atoms with E-state index in [-0.39, 0.29) is 23.3 Å². The van der Waals surface area contributed by atoms with Crippen LogP contribution in [0.3, 0.4) is 0 Å². The van der Waals surface area contributed by atoms with Crippen molar-refractivity contribution in [3.05, 3.63) is 29.6 Å². The fourth-order valence-electron chi connectivity index (χ4n) is 1.97. The van der Waals surface area contributed by atoms with Gasteiger partial charge in [0.2, 0.25) is 0 Å². The summed E-state index contributed by atoms with van der Waals surface area (Å²) in [5.41, 5.74) is 6.24. The first kappa shape index (κ1) is 14.2. The van der Waals surface area contributed by atoms with E-state index >= 15 is 0 Å². The minimum absolute atomic E-state index is 0.0782. The van der Waals surface area contributed by atoms with Gasteiger partial charge in [-0.15, -0.1) is 0 Å². The first-order valence-electron chi connectivity index (χ1n) is 5.88. The Labute approximate surface area is 111 Å². The van der Waals surface area contributed by atoms with Crippen LogP contribution in [-0.2, 0) is 9.84 Å². The van der Waals surface area contributed by atoms with Gasteiger partial charge in [-0.1, -0.05) is 6.07 Å². The van der Waals surface area contributed by atoms with E-state index in [1.54, 1.807) is 13.0 Å². The predicted molar refractivity (Wildman–Crippen MR) is 68.1 cm³/mol. The van der Waals surface area contributed by atoms with Crippen molar-refractivity contribution in [2.24, 2.45) is 5.73 Å². The number of rotatable bonds is 3. The van der Waals surface area contributed by atoms with Crippen LogP contribution in [-0.4, -0.2) is 37.2 Å². The molecule has 0 spiro atoms. The van der Waals surface area contributed by atoms with Crippen LogP contribution in [0.4, 0.5) is 4.39 Å². The number of aliphatic hydroxyl groups is 1. The van der Waals surface area contributed by atoms with Crippen molar-refractivity contribution in [2.75, 3.05) is 11.5 Å². The van der Waals surface area contributed by atoms with Crippen molar-refractivity contribution in [1.29, 1.82) is 0 Å². The molecule has 1 fully saturated rings. The van der Waals surface area contributed by atoms with Gasteiger partial charge in [-0.3, -0.25) is 0 Å². The minimum Gasteiger partial charge on any atom is -0.484 e. The molecule has 1 aliphatic rings. The van der Waals surface area contributed by atoms with Crippen molar-refractivity contribution >= 4 is 9.84 Å². The van der Waals surface area contributed by atoms with Gasteiger partial charge >= 0.3 is 0 Å². The van der Waals surface area contributed by atoms with Crippen LogP contribution in [0.5, 0.6) is 5.75 Å². The average molecular weight is 289 g/mol. The molecule has 5 nitrogen and oxygen atoms in total. The second kappa shape index (κ2) is 5.07. The predicted octanol–water partition coefficient (Wildman–Crippen LogP) is 0.382. The third-order valence-corrected chi connectivity index (χ3v) is 4.72. The molecule has 1 heterocycles. The van der Waals surface area contributed by atoms with Gasteiger partial charge in [-0.05, 0) is 24.6 Å². The molecule has 19 heavy (non-hydrogen) atoms. The molecule has 0 saturated carbocycles. The van der Waals surface area contributed by atoms with E-state index in [4.69, 9.17) is 10.5 Å². The van der Waals surface area contributed by atoms with Gasteiger partial charge in [0.05, 0.1) is 11.5 Å². The average Bonchev–Trinajstić information content (AvgIpc) is 2.54. The molecule has 2 unspecified atom stereocenters. The molecule has 1 saturated heterocycles. The summed E-state index contributed by atoms with van der Waals surface area (Å²) in [5.74, 6) is -1.35. The largest absolute Gasteiger partial charge is 0.484 e. The summed E-state index contributed by atoms with van der Waals surface area (Å²) in [4.78, 5) is 0. The molecular weight excluding hydrogens is 273 g/mol. The summed E-state index contributed by atoms with van der Waals surface area (Å²) >= 11 is 0. The molecule has 106 valence electrons. The molecule has 0 radical (unpaired) electrons. The number of benzene rings is 1. The van der Waals surface area contributed by atoms with Crippen molar-refractivity contribution in [3.8, 4) is 5.75 Å². The highest BCUT2D eigenvalue weighted by atomic mass is 32.2. The lowest BCUT2D eigenvalue weighted by atomic mass is 10.1. The van der Waals surface area contributed by atoms with E-state index in [2.05, 4.69) is 0 Å². The second-order valence-electron chi connectivity index (χ2n) is 4.78. The summed E-state index contributed by atoms with van der Waals surface area (Å²) in [5, 5.41) is 9.57. The summed E-state index contributed by atoms with van der Waals surface area (Å²) < 4.78 is 41.7. The molecule has 0 amide bonds. The third kappa shape index (κ3) is 3.23. The van der Waals surface area contributed by atoms with Crippen LogP contribution in [0.25, 0.3) is 0 Å². The van der Waals surface area contributed by atoms with E-state index in [9.17, 15) is 17.9 Å². The van der Waals surface area contributed by atoms with E-state index in [1.807, 2.05) is 0 Å². The fourth-order valence-corrected chi connectivity index (χ4v) is 3.63. The number of hydrogen-bond acceptors (Lipinski definition) is 5. The van der Waals surface area contributed by atoms with E-state index in [0.29, 0.717) is 5.56 Å². The zero-order valence-corrected chi connectivity index (χ0v) is 11.2. The first-order valence-corrected chi connectivity index (χ1v) is 7.71. The van der Waals surface area contributed by atoms with E-state index in [0.717, 1.165) is 0 Å². The standard InChI is InChI=1S/C12H16FNO4S/c1-7(14)8-2-3-11(9(13)4-8)18-12-6-19(16,17)5-10(12)15/h2-4,7,10,12,15H,5-6,14H2,1H3/t7-,10?,12?/m0/s1. The number of ether oxygens (including phenoxy) is 1. The third-order valence-electron chi connectivity index (χ3n) is 3.03. The van der Waals surface area contributed by atoms with Crippen molar-refractivity contribution < 1.29 is 22.7 Å². The lowest BCUT2D eigenvalue weighted by Gasteiger charge is -2.17. The normalized spacial score (nSPS) is 27.2. The Morgan fingerprint density at radius 3 is 2.63 bits per heavy atom. The highest BCUT2D eigenvalue weighted by Crippen LogP contribution is 2.25. The summed E-state index contributed by atoms with van der Waals surface area (Å²) in [6.07, 6.45) is -2.06. The van der Waals surface area contributed by atoms with Crippen LogP contribution in [0, 0.1) is 5.82 Å². The number of aliphatic hydroxyl groups excluding tert-OH is 1. The number of nitrogens with two attached hydrogens (primary N) is 1. The summed E-state index contributed by atoms with van der Waals surface area (Å²) in [7, 11) is -3.32. The minimum atomic E-state index is -3.32. The van der Waals surface area contributed by atoms with Crippen molar-refractivity contribution in [3.63, 3.8) is 0 Å². The Morgan fingerprint density at radius 2 is 2.16 bits per heavy atom. The lowest BCUT2D eigenvalue weighted by Crippen LogP contribution is -2.30. The van der Waals surface area contributed by atoms with Crippen molar-refractivity contribution in [1.82, 2.24) is 0 Å². The Balaban J connectivity index is 2.16. The van der Waals surface area contributed by atoms with Crippen LogP contribution >= 0.6 is 0 Å². The summed E-state index contributed by atoms with van der Waals surface area (Å²) in [6.45, 7) is 1.72. The number of sulfone groups is 1. The zero-order chi connectivity index (χ0) is 14.2. The van der Waals surface area contributed by atoms with Crippen LogP contribution < -0.4 is 10.5 Å². The fraction of sp³-hybridized carbons (Fsp3) is 0.500. The van der Waals surface area contributed by atoms with Crippen LogP contribution in [0.1, 0.15) is 18.5 Å². The Morgan fingerprint density at radius 1 is 1.47 bits per heavy atom. The molecule has 0 aliphatic carbocycles. The maximum Gasteiger partial charge on any atom is 0.165 e. The lowest BCUT2D eigenvalue weighted by molar-refractivity contribution is 0.0710. The molecule has 1 aromatic carbocycles. The quantitative estimate of drug-likeness (QED) is 0.840. The smallest absolute Gasteiger partial charge is 0.165 e. The van der Waals surface area contributed by atoms with Crippen molar-refractivity contribution in [2.45, 2.75) is 25.2 Å². The first-order chi connectivity index (χ1) is 8.78. The summed E-state index contributed by atoms with van der Waals surface area (Å²) in [6, 6.07) is 3.95. The monoisotopic (exact) mass is 289 g/mol. The molecule has 0 bridgehead atoms. The highest BCUT2D eigenvalue weighted by molar-refractivity contribution is 7.91. The van der Waals surface area contributed by atoms with Crippen LogP contribution in [0.2, 0.25) is 0 Å². The second-order valence-corrected chi connectivity index (χ2v) is 6.93. The maximum atomic E-state index is 13.8. The topological polar surface area (TPSA) is 89.6 Å². The van der Waals surface area contributed by atoms with E-state index < -0.39 is 27.9 Å². The Kier molecular flexibility index (Phi) is 3.80. The van der Waals surface area contributed by atoms with Gasteiger partial charge in [0.15, 0.2) is 21.4 Å². The van der Waals surface area contributed by atoms with Gasteiger partial charge in [-0.2, -0.15) is 0 Å². The molecule has 0 aromatic heterocycles. The van der Waals surface area contributed by atoms with Gasteiger partial charge < -0.3 is 15.6 Å².